The number of carbonyl (C=O) groups excluding carboxylic acids is 1. The van der Waals surface area contributed by atoms with E-state index in [1.54, 1.807) is 0 Å². The highest BCUT2D eigenvalue weighted by Gasteiger charge is 2.32. The fraction of sp³-hybridized carbons (Fsp3) is 0.929. The summed E-state index contributed by atoms with van der Waals surface area (Å²) in [7, 11) is 0. The summed E-state index contributed by atoms with van der Waals surface area (Å²) in [5, 5.41) is 3.28. The van der Waals surface area contributed by atoms with Crippen molar-refractivity contribution in [3.8, 4) is 0 Å². The smallest absolute Gasteiger partial charge is 0.239 e. The van der Waals surface area contributed by atoms with E-state index in [4.69, 9.17) is 0 Å². The van der Waals surface area contributed by atoms with Gasteiger partial charge in [0.25, 0.3) is 0 Å². The van der Waals surface area contributed by atoms with Crippen LogP contribution in [0.5, 0.6) is 0 Å². The lowest BCUT2D eigenvalue weighted by Crippen LogP contribution is -2.40. The highest BCUT2D eigenvalue weighted by atomic mass is 16.2. The maximum absolute atomic E-state index is 12.1. The maximum atomic E-state index is 12.1. The van der Waals surface area contributed by atoms with E-state index in [0.29, 0.717) is 5.91 Å². The summed E-state index contributed by atoms with van der Waals surface area (Å²) in [5.74, 6) is 2.00. The second kappa shape index (κ2) is 5.85. The van der Waals surface area contributed by atoms with Crippen LogP contribution < -0.4 is 5.32 Å². The van der Waals surface area contributed by atoms with E-state index in [9.17, 15) is 4.79 Å². The number of amides is 1. The minimum absolute atomic E-state index is 0.0996. The minimum Gasteiger partial charge on any atom is -0.341 e. The molecule has 0 aromatic heterocycles. The minimum atomic E-state index is 0.0996. The van der Waals surface area contributed by atoms with Gasteiger partial charge in [0.2, 0.25) is 5.91 Å². The second-order valence-electron chi connectivity index (χ2n) is 5.81. The van der Waals surface area contributed by atoms with Crippen molar-refractivity contribution >= 4 is 5.91 Å². The summed E-state index contributed by atoms with van der Waals surface area (Å²) in [6.07, 6.45) is 6.33. The lowest BCUT2D eigenvalue weighted by Gasteiger charge is -2.29. The third-order valence-corrected chi connectivity index (χ3v) is 4.36. The molecule has 0 spiro atoms. The molecule has 1 amide bonds. The van der Waals surface area contributed by atoms with Gasteiger partial charge in [0.15, 0.2) is 0 Å². The summed E-state index contributed by atoms with van der Waals surface area (Å²) >= 11 is 0. The van der Waals surface area contributed by atoms with Crippen molar-refractivity contribution in [1.82, 2.24) is 10.2 Å². The molecule has 17 heavy (non-hydrogen) atoms. The standard InChI is InChI=1S/C14H26N2O/c1-3-15-13-8-9-16(14(13)17)10-12-6-4-11(2)5-7-12/h11-13,15H,3-10H2,1-2H3. The zero-order chi connectivity index (χ0) is 12.3. The predicted molar refractivity (Wildman–Crippen MR) is 69.8 cm³/mol. The first-order valence-electron chi connectivity index (χ1n) is 7.23. The lowest BCUT2D eigenvalue weighted by atomic mass is 9.83. The summed E-state index contributed by atoms with van der Waals surface area (Å²) in [6.45, 7) is 7.28. The summed E-state index contributed by atoms with van der Waals surface area (Å²) in [4.78, 5) is 14.2. The highest BCUT2D eigenvalue weighted by molar-refractivity contribution is 5.83. The zero-order valence-corrected chi connectivity index (χ0v) is 11.2. The second-order valence-corrected chi connectivity index (χ2v) is 5.81. The van der Waals surface area contributed by atoms with Gasteiger partial charge in [-0.25, -0.2) is 0 Å². The normalized spacial score (nSPS) is 34.4. The lowest BCUT2D eigenvalue weighted by molar-refractivity contribution is -0.130. The molecule has 3 nitrogen and oxygen atoms in total. The Morgan fingerprint density at radius 1 is 1.24 bits per heavy atom. The van der Waals surface area contributed by atoms with Crippen LogP contribution in [-0.2, 0) is 4.79 Å². The molecule has 3 heteroatoms. The topological polar surface area (TPSA) is 32.3 Å². The van der Waals surface area contributed by atoms with Crippen LogP contribution in [0.4, 0.5) is 0 Å². The van der Waals surface area contributed by atoms with E-state index >= 15 is 0 Å². The van der Waals surface area contributed by atoms with Crippen LogP contribution in [0.2, 0.25) is 0 Å². The van der Waals surface area contributed by atoms with Crippen molar-refractivity contribution in [3.05, 3.63) is 0 Å². The Hall–Kier alpha value is -0.570. The van der Waals surface area contributed by atoms with Crippen LogP contribution in [0.15, 0.2) is 0 Å². The van der Waals surface area contributed by atoms with Crippen LogP contribution >= 0.6 is 0 Å². The Kier molecular flexibility index (Phi) is 4.43. The third-order valence-electron chi connectivity index (χ3n) is 4.36. The number of carbonyl (C=O) groups is 1. The number of nitrogens with one attached hydrogen (secondary N) is 1. The first kappa shape index (κ1) is 12.9. The number of rotatable bonds is 4. The molecule has 2 aliphatic rings. The first-order chi connectivity index (χ1) is 8.20. The van der Waals surface area contributed by atoms with Crippen molar-refractivity contribution in [2.24, 2.45) is 11.8 Å². The molecule has 2 fully saturated rings. The largest absolute Gasteiger partial charge is 0.341 e. The Bertz CT molecular complexity index is 259. The number of hydrogen-bond acceptors (Lipinski definition) is 2. The zero-order valence-electron chi connectivity index (χ0n) is 11.2. The Morgan fingerprint density at radius 2 is 1.94 bits per heavy atom. The molecule has 1 saturated heterocycles. The molecule has 98 valence electrons. The van der Waals surface area contributed by atoms with E-state index in [0.717, 1.165) is 37.9 Å². The monoisotopic (exact) mass is 238 g/mol. The molecule has 0 aromatic rings. The molecule has 1 N–H and O–H groups in total. The van der Waals surface area contributed by atoms with Gasteiger partial charge in [0.05, 0.1) is 6.04 Å². The van der Waals surface area contributed by atoms with Gasteiger partial charge in [-0.05, 0) is 37.6 Å². The van der Waals surface area contributed by atoms with Gasteiger partial charge >= 0.3 is 0 Å². The molecule has 0 bridgehead atoms. The fourth-order valence-electron chi connectivity index (χ4n) is 3.18. The van der Waals surface area contributed by atoms with E-state index < -0.39 is 0 Å². The maximum Gasteiger partial charge on any atom is 0.239 e. The van der Waals surface area contributed by atoms with E-state index in [1.165, 1.54) is 25.7 Å². The fourth-order valence-corrected chi connectivity index (χ4v) is 3.18. The molecule has 1 saturated carbocycles. The van der Waals surface area contributed by atoms with Gasteiger partial charge in [-0.15, -0.1) is 0 Å². The number of likely N-dealkylation sites (tertiary alicyclic amines) is 1. The van der Waals surface area contributed by atoms with Gasteiger partial charge in [0.1, 0.15) is 0 Å². The average Bonchev–Trinajstić information content (AvgIpc) is 2.65. The van der Waals surface area contributed by atoms with E-state index in [1.807, 2.05) is 0 Å². The molecule has 0 radical (unpaired) electrons. The van der Waals surface area contributed by atoms with Crippen molar-refractivity contribution in [3.63, 3.8) is 0 Å². The van der Waals surface area contributed by atoms with E-state index in [-0.39, 0.29) is 6.04 Å². The van der Waals surface area contributed by atoms with Crippen molar-refractivity contribution in [2.45, 2.75) is 52.0 Å². The number of likely N-dealkylation sites (N-methyl/N-ethyl adjacent to an activating group) is 1. The first-order valence-corrected chi connectivity index (χ1v) is 7.23. The van der Waals surface area contributed by atoms with Gasteiger partial charge in [-0.2, -0.15) is 0 Å². The SMILES string of the molecule is CCNC1CCN(CC2CCC(C)CC2)C1=O. The summed E-state index contributed by atoms with van der Waals surface area (Å²) < 4.78 is 0. The Labute approximate surface area is 105 Å². The van der Waals surface area contributed by atoms with Gasteiger partial charge in [-0.1, -0.05) is 26.7 Å². The molecule has 1 heterocycles. The van der Waals surface area contributed by atoms with Crippen molar-refractivity contribution < 1.29 is 4.79 Å². The van der Waals surface area contributed by atoms with Gasteiger partial charge in [0, 0.05) is 13.1 Å². The third kappa shape index (κ3) is 3.21. The summed E-state index contributed by atoms with van der Waals surface area (Å²) in [5.41, 5.74) is 0. The molecule has 0 aromatic carbocycles. The highest BCUT2D eigenvalue weighted by Crippen LogP contribution is 2.29. The number of nitrogens with zero attached hydrogens (tertiary/aromatic N) is 1. The molecular formula is C14H26N2O. The molecular weight excluding hydrogens is 212 g/mol. The van der Waals surface area contributed by atoms with Gasteiger partial charge in [-0.3, -0.25) is 4.79 Å². The van der Waals surface area contributed by atoms with Crippen LogP contribution in [0.1, 0.15) is 46.0 Å². The summed E-state index contributed by atoms with van der Waals surface area (Å²) in [6, 6.07) is 0.0996. The number of hydrogen-bond donors (Lipinski definition) is 1. The predicted octanol–water partition coefficient (Wildman–Crippen LogP) is 2.02. The van der Waals surface area contributed by atoms with Gasteiger partial charge < -0.3 is 10.2 Å². The Morgan fingerprint density at radius 3 is 2.59 bits per heavy atom. The molecule has 1 unspecified atom stereocenters. The van der Waals surface area contributed by atoms with Crippen LogP contribution in [-0.4, -0.2) is 36.5 Å². The average molecular weight is 238 g/mol. The van der Waals surface area contributed by atoms with Crippen molar-refractivity contribution in [1.29, 1.82) is 0 Å². The molecule has 1 aliphatic carbocycles. The molecule has 2 rings (SSSR count). The van der Waals surface area contributed by atoms with E-state index in [2.05, 4.69) is 24.1 Å². The van der Waals surface area contributed by atoms with Crippen LogP contribution in [0.3, 0.4) is 0 Å². The molecule has 1 aliphatic heterocycles. The quantitative estimate of drug-likeness (QED) is 0.812. The van der Waals surface area contributed by atoms with Crippen LogP contribution in [0, 0.1) is 11.8 Å². The Balaban J connectivity index is 1.78. The van der Waals surface area contributed by atoms with Crippen molar-refractivity contribution in [2.75, 3.05) is 19.6 Å². The molecule has 1 atom stereocenters. The van der Waals surface area contributed by atoms with Crippen LogP contribution in [0.25, 0.3) is 0 Å².